The van der Waals surface area contributed by atoms with E-state index >= 15 is 0 Å². The monoisotopic (exact) mass is 382 g/mol. The van der Waals surface area contributed by atoms with Gasteiger partial charge in [0, 0.05) is 51.8 Å². The minimum atomic E-state index is 0.261. The summed E-state index contributed by atoms with van der Waals surface area (Å²) in [5.74, 6) is 2.54. The van der Waals surface area contributed by atoms with Crippen LogP contribution in [0.5, 0.6) is 11.6 Å². The molecule has 1 fully saturated rings. The molecular weight excluding hydrogens is 352 g/mol. The minimum absolute atomic E-state index is 0.261. The Bertz CT molecular complexity index is 726. The van der Waals surface area contributed by atoms with Crippen molar-refractivity contribution in [2.75, 3.05) is 26.7 Å². The zero-order valence-electron chi connectivity index (χ0n) is 16.8. The molecule has 0 amide bonds. The van der Waals surface area contributed by atoms with Crippen LogP contribution in [-0.2, 0) is 6.54 Å². The summed E-state index contributed by atoms with van der Waals surface area (Å²) in [6.45, 7) is 5.33. The molecule has 3 rings (SSSR count). The maximum atomic E-state index is 6.08. The first-order chi connectivity index (χ1) is 13.8. The van der Waals surface area contributed by atoms with Crippen molar-refractivity contribution >= 4 is 5.96 Å². The molecule has 0 aliphatic carbocycles. The van der Waals surface area contributed by atoms with E-state index in [0.717, 1.165) is 49.6 Å². The molecular formula is C22H30N4O2. The summed E-state index contributed by atoms with van der Waals surface area (Å²) in [6, 6.07) is 14.0. The Morgan fingerprint density at radius 3 is 2.61 bits per heavy atom. The second-order valence-corrected chi connectivity index (χ2v) is 6.87. The summed E-state index contributed by atoms with van der Waals surface area (Å²) >= 11 is 0. The van der Waals surface area contributed by atoms with Gasteiger partial charge >= 0.3 is 0 Å². The molecule has 6 nitrogen and oxygen atoms in total. The topological polar surface area (TPSA) is 59.0 Å². The molecule has 1 aromatic heterocycles. The zero-order valence-corrected chi connectivity index (χ0v) is 16.8. The number of para-hydroxylation sites is 1. The van der Waals surface area contributed by atoms with Crippen molar-refractivity contribution in [3.05, 3.63) is 54.2 Å². The van der Waals surface area contributed by atoms with Gasteiger partial charge in [-0.1, -0.05) is 31.2 Å². The predicted molar refractivity (Wildman–Crippen MR) is 112 cm³/mol. The van der Waals surface area contributed by atoms with Gasteiger partial charge in [-0.25, -0.2) is 4.98 Å². The molecule has 1 N–H and O–H groups in total. The summed E-state index contributed by atoms with van der Waals surface area (Å²) in [7, 11) is 1.83. The molecule has 0 atom stereocenters. The number of rotatable bonds is 7. The summed E-state index contributed by atoms with van der Waals surface area (Å²) < 4.78 is 11.6. The van der Waals surface area contributed by atoms with Crippen LogP contribution in [0, 0.1) is 0 Å². The average molecular weight is 383 g/mol. The molecule has 2 heterocycles. The van der Waals surface area contributed by atoms with E-state index in [1.807, 2.05) is 55.7 Å². The van der Waals surface area contributed by atoms with Gasteiger partial charge in [0.15, 0.2) is 5.96 Å². The summed E-state index contributed by atoms with van der Waals surface area (Å²) in [6.07, 6.45) is 5.07. The van der Waals surface area contributed by atoms with Crippen molar-refractivity contribution in [1.29, 1.82) is 0 Å². The number of aliphatic imine (C=N–C) groups is 1. The minimum Gasteiger partial charge on any atom is -0.490 e. The van der Waals surface area contributed by atoms with Crippen molar-refractivity contribution < 1.29 is 9.47 Å². The molecule has 28 heavy (non-hydrogen) atoms. The first-order valence-corrected chi connectivity index (χ1v) is 10.0. The van der Waals surface area contributed by atoms with E-state index in [9.17, 15) is 0 Å². The van der Waals surface area contributed by atoms with Crippen LogP contribution >= 0.6 is 0 Å². The summed E-state index contributed by atoms with van der Waals surface area (Å²) in [5.41, 5.74) is 1.10. The number of pyridine rings is 1. The molecule has 1 aliphatic rings. The van der Waals surface area contributed by atoms with Gasteiger partial charge < -0.3 is 19.7 Å². The van der Waals surface area contributed by atoms with Crippen molar-refractivity contribution in [3.63, 3.8) is 0 Å². The van der Waals surface area contributed by atoms with Crippen molar-refractivity contribution in [3.8, 4) is 11.6 Å². The standard InChI is InChI=1S/C22H30N4O2/c1-3-15-27-21-10-9-18(16-24-21)17-25-22(23-2)26-13-11-20(12-14-26)28-19-7-5-4-6-8-19/h4-10,16,20H,3,11-15,17H2,1-2H3,(H,23,25). The first kappa shape index (κ1) is 20.0. The van der Waals surface area contributed by atoms with E-state index < -0.39 is 0 Å². The number of hydrogen-bond acceptors (Lipinski definition) is 4. The quantitative estimate of drug-likeness (QED) is 0.587. The van der Waals surface area contributed by atoms with Crippen LogP contribution in [0.3, 0.4) is 0 Å². The molecule has 2 aromatic rings. The highest BCUT2D eigenvalue weighted by molar-refractivity contribution is 5.79. The maximum Gasteiger partial charge on any atom is 0.213 e. The Kier molecular flexibility index (Phi) is 7.53. The third-order valence-corrected chi connectivity index (χ3v) is 4.70. The summed E-state index contributed by atoms with van der Waals surface area (Å²) in [5, 5.41) is 3.44. The van der Waals surface area contributed by atoms with Crippen LogP contribution in [0.1, 0.15) is 31.7 Å². The molecule has 0 bridgehead atoms. The van der Waals surface area contributed by atoms with E-state index in [1.165, 1.54) is 0 Å². The normalized spacial score (nSPS) is 15.4. The SMILES string of the molecule is CCCOc1ccc(CNC(=NC)N2CCC(Oc3ccccc3)CC2)cn1. The lowest BCUT2D eigenvalue weighted by molar-refractivity contribution is 0.129. The Labute approximate surface area is 167 Å². The highest BCUT2D eigenvalue weighted by Crippen LogP contribution is 2.18. The number of nitrogens with zero attached hydrogens (tertiary/aromatic N) is 3. The Hall–Kier alpha value is -2.76. The van der Waals surface area contributed by atoms with Crippen LogP contribution in [0.2, 0.25) is 0 Å². The van der Waals surface area contributed by atoms with Gasteiger partial charge in [0.2, 0.25) is 5.88 Å². The Balaban J connectivity index is 1.44. The maximum absolute atomic E-state index is 6.08. The van der Waals surface area contributed by atoms with Gasteiger partial charge in [0.05, 0.1) is 6.61 Å². The van der Waals surface area contributed by atoms with E-state index in [2.05, 4.69) is 27.1 Å². The fourth-order valence-electron chi connectivity index (χ4n) is 3.20. The third kappa shape index (κ3) is 5.87. The number of nitrogens with one attached hydrogen (secondary N) is 1. The highest BCUT2D eigenvalue weighted by Gasteiger charge is 2.22. The van der Waals surface area contributed by atoms with Gasteiger partial charge in [-0.2, -0.15) is 0 Å². The average Bonchev–Trinajstić information content (AvgIpc) is 2.75. The van der Waals surface area contributed by atoms with Crippen molar-refractivity contribution in [2.24, 2.45) is 4.99 Å². The van der Waals surface area contributed by atoms with Gasteiger partial charge in [0.25, 0.3) is 0 Å². The van der Waals surface area contributed by atoms with Crippen molar-refractivity contribution in [2.45, 2.75) is 38.8 Å². The number of hydrogen-bond donors (Lipinski definition) is 1. The molecule has 1 aliphatic heterocycles. The number of guanidine groups is 1. The molecule has 150 valence electrons. The lowest BCUT2D eigenvalue weighted by Crippen LogP contribution is -2.47. The zero-order chi connectivity index (χ0) is 19.6. The number of ether oxygens (including phenoxy) is 2. The first-order valence-electron chi connectivity index (χ1n) is 10.0. The molecule has 0 spiro atoms. The smallest absolute Gasteiger partial charge is 0.213 e. The number of likely N-dealkylation sites (tertiary alicyclic amines) is 1. The number of piperidine rings is 1. The highest BCUT2D eigenvalue weighted by atomic mass is 16.5. The second kappa shape index (κ2) is 10.5. The van der Waals surface area contributed by atoms with Gasteiger partial charge in [-0.3, -0.25) is 4.99 Å². The van der Waals surface area contributed by atoms with Crippen LogP contribution < -0.4 is 14.8 Å². The molecule has 0 saturated carbocycles. The van der Waals surface area contributed by atoms with E-state index in [4.69, 9.17) is 9.47 Å². The fraction of sp³-hybridized carbons (Fsp3) is 0.455. The Morgan fingerprint density at radius 2 is 1.96 bits per heavy atom. The van der Waals surface area contributed by atoms with Gasteiger partial charge in [-0.05, 0) is 24.1 Å². The molecule has 0 radical (unpaired) electrons. The van der Waals surface area contributed by atoms with Crippen LogP contribution in [0.4, 0.5) is 0 Å². The van der Waals surface area contributed by atoms with Gasteiger partial charge in [0.1, 0.15) is 11.9 Å². The lowest BCUT2D eigenvalue weighted by atomic mass is 10.1. The Morgan fingerprint density at radius 1 is 1.18 bits per heavy atom. The van der Waals surface area contributed by atoms with E-state index in [-0.39, 0.29) is 6.10 Å². The molecule has 1 saturated heterocycles. The van der Waals surface area contributed by atoms with E-state index in [0.29, 0.717) is 19.0 Å². The fourth-order valence-corrected chi connectivity index (χ4v) is 3.20. The summed E-state index contributed by atoms with van der Waals surface area (Å²) in [4.78, 5) is 11.1. The third-order valence-electron chi connectivity index (χ3n) is 4.70. The van der Waals surface area contributed by atoms with Crippen LogP contribution in [0.25, 0.3) is 0 Å². The van der Waals surface area contributed by atoms with Gasteiger partial charge in [-0.15, -0.1) is 0 Å². The molecule has 6 heteroatoms. The predicted octanol–water partition coefficient (Wildman–Crippen LogP) is 3.49. The molecule has 0 unspecified atom stereocenters. The number of aromatic nitrogens is 1. The largest absolute Gasteiger partial charge is 0.490 e. The second-order valence-electron chi connectivity index (χ2n) is 6.87. The molecule has 1 aromatic carbocycles. The lowest BCUT2D eigenvalue weighted by Gasteiger charge is -2.34. The van der Waals surface area contributed by atoms with Crippen LogP contribution in [0.15, 0.2) is 53.7 Å². The van der Waals surface area contributed by atoms with Crippen LogP contribution in [-0.4, -0.2) is 48.7 Å². The number of benzene rings is 1. The van der Waals surface area contributed by atoms with Crippen molar-refractivity contribution in [1.82, 2.24) is 15.2 Å². The van der Waals surface area contributed by atoms with E-state index in [1.54, 1.807) is 0 Å².